The highest BCUT2D eigenvalue weighted by atomic mass is 19.1. The van der Waals surface area contributed by atoms with E-state index in [-0.39, 0.29) is 17.4 Å². The average molecular weight is 313 g/mol. The molecule has 0 amide bonds. The van der Waals surface area contributed by atoms with Gasteiger partial charge in [-0.1, -0.05) is 0 Å². The van der Waals surface area contributed by atoms with Gasteiger partial charge in [0.1, 0.15) is 11.4 Å². The molecule has 1 heterocycles. The maximum Gasteiger partial charge on any atom is 0.341 e. The lowest BCUT2D eigenvalue weighted by Crippen LogP contribution is -2.25. The van der Waals surface area contributed by atoms with Crippen LogP contribution >= 0.6 is 0 Å². The van der Waals surface area contributed by atoms with Crippen LogP contribution in [0, 0.1) is 5.82 Å². The van der Waals surface area contributed by atoms with Gasteiger partial charge in [0, 0.05) is 36.1 Å². The Labute approximate surface area is 134 Å². The fraction of sp³-hybridized carbons (Fsp3) is 0.333. The number of nitrogens with zero attached hydrogens (tertiary/aromatic N) is 1. The standard InChI is InChI=1S/C15H18FN3O3/c1-3-19-7-10(15(21)22)14(20)9-4-11(16)12(5-13(9)19)18-6-8(2)17/h4-5,7-8,18H,3,6,17H2,1-2H3,(H,21,22)/i2D3,6D2,8D. The van der Waals surface area contributed by atoms with Crippen LogP contribution in [-0.2, 0) is 6.54 Å². The largest absolute Gasteiger partial charge is 0.477 e. The maximum absolute atomic E-state index is 14.5. The van der Waals surface area contributed by atoms with Crippen LogP contribution in [0.5, 0.6) is 0 Å². The minimum absolute atomic E-state index is 0.0960. The molecule has 0 spiro atoms. The summed E-state index contributed by atoms with van der Waals surface area (Å²) in [4.78, 5) is 23.5. The molecule has 0 bridgehead atoms. The van der Waals surface area contributed by atoms with Gasteiger partial charge in [-0.05, 0) is 25.9 Å². The van der Waals surface area contributed by atoms with Gasteiger partial charge in [-0.2, -0.15) is 0 Å². The van der Waals surface area contributed by atoms with E-state index in [1.165, 1.54) is 4.57 Å². The second kappa shape index (κ2) is 6.15. The summed E-state index contributed by atoms with van der Waals surface area (Å²) in [6.45, 7) is -4.44. The van der Waals surface area contributed by atoms with Crippen molar-refractivity contribution in [2.24, 2.45) is 5.73 Å². The van der Waals surface area contributed by atoms with E-state index in [9.17, 15) is 14.0 Å². The van der Waals surface area contributed by atoms with E-state index in [0.717, 1.165) is 18.3 Å². The molecule has 22 heavy (non-hydrogen) atoms. The Bertz CT molecular complexity index is 1000. The SMILES string of the molecule is [2H]C([2H])([2H])C([2H])(N)C([2H])([2H])Nc1cc2c(cc1F)c(=O)c(C(=O)O)cn2CC. The fourth-order valence-electron chi connectivity index (χ4n) is 2.05. The number of aromatic nitrogens is 1. The minimum atomic E-state index is -3.22. The summed E-state index contributed by atoms with van der Waals surface area (Å²) in [5, 5.41) is 10.9. The number of pyridine rings is 1. The molecule has 2 aromatic rings. The number of aromatic carboxylic acids is 1. The summed E-state index contributed by atoms with van der Waals surface area (Å²) in [6, 6.07) is -1.35. The number of fused-ring (bicyclic) bond motifs is 1. The molecule has 0 aliphatic heterocycles. The van der Waals surface area contributed by atoms with Crippen molar-refractivity contribution in [2.75, 3.05) is 11.8 Å². The molecule has 6 nitrogen and oxygen atoms in total. The van der Waals surface area contributed by atoms with E-state index < -0.39 is 47.8 Å². The number of rotatable bonds is 5. The first-order valence-corrected chi connectivity index (χ1v) is 6.31. The Morgan fingerprint density at radius 3 is 3.00 bits per heavy atom. The number of hydrogen-bond acceptors (Lipinski definition) is 4. The second-order valence-corrected chi connectivity index (χ2v) is 4.48. The van der Waals surface area contributed by atoms with Crippen molar-refractivity contribution in [3.05, 3.63) is 39.9 Å². The molecule has 1 aromatic carbocycles. The summed E-state index contributed by atoms with van der Waals surface area (Å²) in [7, 11) is 0. The highest BCUT2D eigenvalue weighted by molar-refractivity contribution is 5.93. The van der Waals surface area contributed by atoms with Crippen molar-refractivity contribution in [1.29, 1.82) is 0 Å². The Balaban J connectivity index is 2.68. The molecule has 0 saturated carbocycles. The van der Waals surface area contributed by atoms with Crippen molar-refractivity contribution in [3.8, 4) is 0 Å². The number of hydrogen-bond donors (Lipinski definition) is 3. The highest BCUT2D eigenvalue weighted by Gasteiger charge is 2.16. The van der Waals surface area contributed by atoms with Gasteiger partial charge in [0.2, 0.25) is 5.43 Å². The molecule has 4 N–H and O–H groups in total. The van der Waals surface area contributed by atoms with Crippen LogP contribution in [0.15, 0.2) is 23.1 Å². The minimum Gasteiger partial charge on any atom is -0.477 e. The van der Waals surface area contributed by atoms with Crippen LogP contribution in [0.1, 0.15) is 32.4 Å². The summed E-state index contributed by atoms with van der Waals surface area (Å²) >= 11 is 0. The van der Waals surface area contributed by atoms with Gasteiger partial charge in [-0.25, -0.2) is 9.18 Å². The lowest BCUT2D eigenvalue weighted by Gasteiger charge is -2.14. The van der Waals surface area contributed by atoms with Gasteiger partial charge in [0.05, 0.1) is 13.9 Å². The molecule has 0 fully saturated rings. The van der Waals surface area contributed by atoms with E-state index >= 15 is 0 Å². The molecule has 118 valence electrons. The molecule has 2 rings (SSSR count). The number of anilines is 1. The Morgan fingerprint density at radius 1 is 1.68 bits per heavy atom. The van der Waals surface area contributed by atoms with Crippen molar-refractivity contribution in [1.82, 2.24) is 4.57 Å². The second-order valence-electron chi connectivity index (χ2n) is 4.48. The van der Waals surface area contributed by atoms with Gasteiger partial charge in [0.25, 0.3) is 0 Å². The molecule has 1 atom stereocenters. The Morgan fingerprint density at radius 2 is 2.41 bits per heavy atom. The van der Waals surface area contributed by atoms with Crippen LogP contribution in [0.3, 0.4) is 0 Å². The quantitative estimate of drug-likeness (QED) is 0.779. The molecule has 0 aliphatic rings. The normalized spacial score (nSPS) is 19.0. The van der Waals surface area contributed by atoms with Crippen LogP contribution in [0.25, 0.3) is 10.9 Å². The fourth-order valence-corrected chi connectivity index (χ4v) is 2.05. The summed E-state index contributed by atoms with van der Waals surface area (Å²) in [6.07, 6.45) is 1.07. The van der Waals surface area contributed by atoms with Gasteiger partial charge >= 0.3 is 5.97 Å². The first kappa shape index (κ1) is 9.58. The molecule has 1 unspecified atom stereocenters. The molecule has 0 saturated heterocycles. The smallest absolute Gasteiger partial charge is 0.341 e. The zero-order valence-corrected chi connectivity index (χ0v) is 11.6. The summed E-state index contributed by atoms with van der Waals surface area (Å²) in [5.74, 6) is -2.62. The molecule has 0 radical (unpaired) electrons. The Kier molecular flexibility index (Phi) is 2.68. The predicted octanol–water partition coefficient (Wildman–Crippen LogP) is 1.62. The third-order valence-corrected chi connectivity index (χ3v) is 3.07. The zero-order chi connectivity index (χ0) is 21.7. The first-order valence-electron chi connectivity index (χ1n) is 9.31. The third-order valence-electron chi connectivity index (χ3n) is 3.07. The van der Waals surface area contributed by atoms with Crippen LogP contribution < -0.4 is 16.5 Å². The number of carboxylic acids is 1. The number of nitrogens with two attached hydrogens (primary N) is 1. The number of nitrogens with one attached hydrogen (secondary N) is 1. The summed E-state index contributed by atoms with van der Waals surface area (Å²) in [5.41, 5.74) is 3.43. The molecule has 7 heteroatoms. The predicted molar refractivity (Wildman–Crippen MR) is 82.9 cm³/mol. The van der Waals surface area contributed by atoms with Crippen LogP contribution in [0.4, 0.5) is 10.1 Å². The lowest BCUT2D eigenvalue weighted by molar-refractivity contribution is 0.0695. The van der Waals surface area contributed by atoms with Crippen molar-refractivity contribution in [2.45, 2.75) is 26.3 Å². The van der Waals surface area contributed by atoms with Crippen LogP contribution in [0.2, 0.25) is 0 Å². The monoisotopic (exact) mass is 313 g/mol. The molecule has 1 aromatic heterocycles. The van der Waals surface area contributed by atoms with Gasteiger partial charge in [-0.3, -0.25) is 4.79 Å². The topological polar surface area (TPSA) is 97.3 Å². The van der Waals surface area contributed by atoms with E-state index in [1.54, 1.807) is 6.92 Å². The van der Waals surface area contributed by atoms with Gasteiger partial charge < -0.3 is 20.7 Å². The zero-order valence-electron chi connectivity index (χ0n) is 17.6. The molecular formula is C15H18FN3O3. The van der Waals surface area contributed by atoms with Gasteiger partial charge in [0.15, 0.2) is 0 Å². The van der Waals surface area contributed by atoms with Crippen LogP contribution in [-0.4, -0.2) is 28.2 Å². The van der Waals surface area contributed by atoms with E-state index in [0.29, 0.717) is 0 Å². The Hall–Kier alpha value is -2.41. The van der Waals surface area contributed by atoms with E-state index in [2.05, 4.69) is 0 Å². The molecule has 0 aliphatic carbocycles. The third kappa shape index (κ3) is 2.94. The van der Waals surface area contributed by atoms with Crippen molar-refractivity contribution < 1.29 is 22.5 Å². The number of carbonyl (C=O) groups is 1. The van der Waals surface area contributed by atoms with E-state index in [4.69, 9.17) is 19.1 Å². The molecular weight excluding hydrogens is 289 g/mol. The van der Waals surface area contributed by atoms with Gasteiger partial charge in [-0.15, -0.1) is 0 Å². The van der Waals surface area contributed by atoms with Crippen molar-refractivity contribution in [3.63, 3.8) is 0 Å². The average Bonchev–Trinajstić information content (AvgIpc) is 2.55. The van der Waals surface area contributed by atoms with Crippen molar-refractivity contribution >= 4 is 22.6 Å². The summed E-state index contributed by atoms with van der Waals surface area (Å²) < 4.78 is 60.9. The maximum atomic E-state index is 14.5. The number of halogens is 1. The number of carboxylic acid groups (broad SMARTS) is 1. The highest BCUT2D eigenvalue weighted by Crippen LogP contribution is 2.22. The first-order chi connectivity index (χ1) is 12.6. The lowest BCUT2D eigenvalue weighted by atomic mass is 10.1. The number of benzene rings is 1. The number of aryl methyl sites for hydroxylation is 1. The van der Waals surface area contributed by atoms with E-state index in [1.807, 2.05) is 5.32 Å².